The van der Waals surface area contributed by atoms with Gasteiger partial charge in [0, 0.05) is 34.4 Å². The summed E-state index contributed by atoms with van der Waals surface area (Å²) in [7, 11) is -1.38. The van der Waals surface area contributed by atoms with Gasteiger partial charge in [-0.25, -0.2) is 0 Å². The van der Waals surface area contributed by atoms with Crippen molar-refractivity contribution in [1.29, 1.82) is 0 Å². The highest BCUT2D eigenvalue weighted by atomic mass is 32.2. The van der Waals surface area contributed by atoms with Gasteiger partial charge in [-0.05, 0) is 18.2 Å². The highest BCUT2D eigenvalue weighted by Crippen LogP contribution is 2.43. The summed E-state index contributed by atoms with van der Waals surface area (Å²) in [6.45, 7) is 0. The molecule has 0 radical (unpaired) electrons. The van der Waals surface area contributed by atoms with E-state index in [1.807, 2.05) is 24.3 Å². The maximum absolute atomic E-state index is 12.7. The van der Waals surface area contributed by atoms with E-state index in [-0.39, 0.29) is 17.7 Å². The van der Waals surface area contributed by atoms with Gasteiger partial charge >= 0.3 is 10.1 Å². The lowest BCUT2D eigenvalue weighted by atomic mass is 10.0. The van der Waals surface area contributed by atoms with Gasteiger partial charge in [0.25, 0.3) is 11.8 Å². The minimum Gasteiger partial charge on any atom is -0.495 e. The average Bonchev–Trinajstić information content (AvgIpc) is 3.03. The van der Waals surface area contributed by atoms with Gasteiger partial charge < -0.3 is 9.47 Å². The topological polar surface area (TPSA) is 99.2 Å². The lowest BCUT2D eigenvalue weighted by molar-refractivity contribution is -0.163. The van der Waals surface area contributed by atoms with E-state index in [4.69, 9.17) is 13.8 Å². The normalized spacial score (nSPS) is 14.8. The van der Waals surface area contributed by atoms with Crippen molar-refractivity contribution in [3.63, 3.8) is 0 Å². The Hall–Kier alpha value is -3.17. The summed E-state index contributed by atoms with van der Waals surface area (Å²) in [5, 5.41) is 3.01. The maximum atomic E-state index is 12.7. The van der Waals surface area contributed by atoms with Crippen molar-refractivity contribution in [1.82, 2.24) is 5.06 Å². The average molecular weight is 415 g/mol. The molecule has 0 N–H and O–H groups in total. The first-order valence-corrected chi connectivity index (χ1v) is 10.1. The molecule has 3 aromatic rings. The molecule has 8 nitrogen and oxygen atoms in total. The molecule has 150 valence electrons. The molecule has 2 amide bonds. The smallest absolute Gasteiger partial charge is 0.318 e. The van der Waals surface area contributed by atoms with Crippen LogP contribution in [0, 0.1) is 0 Å². The summed E-state index contributed by atoms with van der Waals surface area (Å²) >= 11 is 0. The Morgan fingerprint density at radius 3 is 1.86 bits per heavy atom. The van der Waals surface area contributed by atoms with Gasteiger partial charge in [0.05, 0.1) is 19.1 Å². The fraction of sp³-hybridized carbons (Fsp3) is 0.200. The molecular formula is C20H17NO7S. The number of nitrogens with zero attached hydrogens (tertiary/aromatic N) is 1. The number of carbonyl (C=O) groups excluding carboxylic acids is 2. The van der Waals surface area contributed by atoms with Gasteiger partial charge in [0.15, 0.2) is 0 Å². The van der Waals surface area contributed by atoms with Crippen LogP contribution >= 0.6 is 0 Å². The number of ether oxygens (including phenoxy) is 2. The predicted octanol–water partition coefficient (Wildman–Crippen LogP) is 2.78. The first kappa shape index (κ1) is 19.2. The number of hydrogen-bond donors (Lipinski definition) is 0. The molecule has 4 rings (SSSR count). The molecular weight excluding hydrogens is 398 g/mol. The summed E-state index contributed by atoms with van der Waals surface area (Å²) < 4.78 is 41.3. The fourth-order valence-electron chi connectivity index (χ4n) is 3.45. The van der Waals surface area contributed by atoms with Crippen LogP contribution < -0.4 is 9.47 Å². The quantitative estimate of drug-likeness (QED) is 0.467. The predicted molar refractivity (Wildman–Crippen MR) is 104 cm³/mol. The Balaban J connectivity index is 1.91. The van der Waals surface area contributed by atoms with Crippen molar-refractivity contribution in [3.8, 4) is 11.5 Å². The molecule has 1 aliphatic heterocycles. The number of carbonyl (C=O) groups is 2. The Kier molecular flexibility index (Phi) is 4.64. The van der Waals surface area contributed by atoms with Crippen molar-refractivity contribution in [2.24, 2.45) is 0 Å². The molecule has 1 aliphatic rings. The van der Waals surface area contributed by atoms with Crippen LogP contribution in [0.3, 0.4) is 0 Å². The zero-order chi connectivity index (χ0) is 20.8. The Labute approximate surface area is 166 Å². The van der Waals surface area contributed by atoms with Crippen LogP contribution in [0.25, 0.3) is 21.5 Å². The summed E-state index contributed by atoms with van der Waals surface area (Å²) in [6.07, 6.45) is -0.161. The lowest BCUT2D eigenvalue weighted by Gasteiger charge is -2.16. The standard InChI is InChI=1S/C20H17NO7S/c1-26-19-13-5-3-4-6-14(13)20(27-2)16-11-12(7-8-15(16)19)29(24,25)28-21-17(22)9-10-18(21)23/h3-8,11H,9-10H2,1-2H3. The highest BCUT2D eigenvalue weighted by molar-refractivity contribution is 7.86. The third-order valence-corrected chi connectivity index (χ3v) is 5.95. The van der Waals surface area contributed by atoms with E-state index in [9.17, 15) is 18.0 Å². The number of rotatable bonds is 5. The lowest BCUT2D eigenvalue weighted by Crippen LogP contribution is -2.32. The Morgan fingerprint density at radius 1 is 0.793 bits per heavy atom. The number of fused-ring (bicyclic) bond motifs is 2. The first-order valence-electron chi connectivity index (χ1n) is 8.74. The number of benzene rings is 3. The molecule has 1 saturated heterocycles. The molecule has 0 spiro atoms. The SMILES string of the molecule is COc1c2ccccc2c(OC)c2cc(S(=O)(=O)ON3C(=O)CCC3=O)ccc12. The van der Waals surface area contributed by atoms with Crippen LogP contribution in [0.15, 0.2) is 47.4 Å². The van der Waals surface area contributed by atoms with Gasteiger partial charge in [0.1, 0.15) is 11.5 Å². The van der Waals surface area contributed by atoms with Crippen LogP contribution in [0.2, 0.25) is 0 Å². The third-order valence-electron chi connectivity index (χ3n) is 4.77. The zero-order valence-corrected chi connectivity index (χ0v) is 16.5. The number of amides is 2. The number of hydroxylamine groups is 2. The molecule has 0 aliphatic carbocycles. The van der Waals surface area contributed by atoms with Crippen molar-refractivity contribution in [2.75, 3.05) is 14.2 Å². The number of imide groups is 1. The fourth-order valence-corrected chi connectivity index (χ4v) is 4.40. The summed E-state index contributed by atoms with van der Waals surface area (Å²) in [4.78, 5) is 23.2. The third kappa shape index (κ3) is 3.08. The van der Waals surface area contributed by atoms with E-state index in [0.29, 0.717) is 27.3 Å². The van der Waals surface area contributed by atoms with Crippen LogP contribution in [-0.4, -0.2) is 39.5 Å². The number of hydrogen-bond acceptors (Lipinski definition) is 7. The van der Waals surface area contributed by atoms with Gasteiger partial charge in [-0.3, -0.25) is 9.59 Å². The largest absolute Gasteiger partial charge is 0.495 e. The summed E-state index contributed by atoms with van der Waals surface area (Å²) in [5.41, 5.74) is 0. The van der Waals surface area contributed by atoms with Crippen LogP contribution in [0.4, 0.5) is 0 Å². The minimum absolute atomic E-state index is 0.0803. The second-order valence-corrected chi connectivity index (χ2v) is 7.96. The molecule has 0 saturated carbocycles. The first-order chi connectivity index (χ1) is 13.9. The molecule has 0 unspecified atom stereocenters. The Morgan fingerprint density at radius 2 is 1.31 bits per heavy atom. The van der Waals surface area contributed by atoms with E-state index >= 15 is 0 Å². The van der Waals surface area contributed by atoms with Crippen LogP contribution in [0.5, 0.6) is 11.5 Å². The minimum atomic E-state index is -4.41. The molecule has 29 heavy (non-hydrogen) atoms. The molecule has 1 heterocycles. The van der Waals surface area contributed by atoms with E-state index in [0.717, 1.165) is 10.8 Å². The maximum Gasteiger partial charge on any atom is 0.318 e. The molecule has 3 aromatic carbocycles. The zero-order valence-electron chi connectivity index (χ0n) is 15.7. The molecule has 1 fully saturated rings. The van der Waals surface area contributed by atoms with Crippen molar-refractivity contribution in [3.05, 3.63) is 42.5 Å². The van der Waals surface area contributed by atoms with E-state index in [1.165, 1.54) is 26.4 Å². The van der Waals surface area contributed by atoms with Gasteiger partial charge in [-0.1, -0.05) is 24.3 Å². The Bertz CT molecular complexity index is 1250. The molecule has 0 atom stereocenters. The van der Waals surface area contributed by atoms with Gasteiger partial charge in [-0.15, -0.1) is 9.35 Å². The van der Waals surface area contributed by atoms with Crippen molar-refractivity contribution >= 4 is 43.5 Å². The van der Waals surface area contributed by atoms with Crippen molar-refractivity contribution < 1.29 is 31.8 Å². The van der Waals surface area contributed by atoms with E-state index in [1.54, 1.807) is 6.07 Å². The second kappa shape index (κ2) is 7.02. The van der Waals surface area contributed by atoms with E-state index in [2.05, 4.69) is 0 Å². The highest BCUT2D eigenvalue weighted by Gasteiger charge is 2.35. The van der Waals surface area contributed by atoms with Gasteiger partial charge in [0.2, 0.25) is 0 Å². The molecule has 0 bridgehead atoms. The second-order valence-electron chi connectivity index (χ2n) is 6.43. The van der Waals surface area contributed by atoms with Crippen LogP contribution in [-0.2, 0) is 24.0 Å². The molecule has 9 heteroatoms. The summed E-state index contributed by atoms with van der Waals surface area (Å²) in [5.74, 6) is -0.331. The van der Waals surface area contributed by atoms with Crippen LogP contribution in [0.1, 0.15) is 12.8 Å². The molecule has 0 aromatic heterocycles. The van der Waals surface area contributed by atoms with Crippen molar-refractivity contribution in [2.45, 2.75) is 17.7 Å². The monoisotopic (exact) mass is 415 g/mol. The number of methoxy groups -OCH3 is 2. The van der Waals surface area contributed by atoms with E-state index < -0.39 is 21.9 Å². The van der Waals surface area contributed by atoms with Gasteiger partial charge in [-0.2, -0.15) is 8.42 Å². The summed E-state index contributed by atoms with van der Waals surface area (Å²) in [6, 6.07) is 11.7.